The van der Waals surface area contributed by atoms with Gasteiger partial charge in [0.1, 0.15) is 11.5 Å². The van der Waals surface area contributed by atoms with E-state index in [0.717, 1.165) is 31.6 Å². The zero-order valence-electron chi connectivity index (χ0n) is 16.0. The summed E-state index contributed by atoms with van der Waals surface area (Å²) >= 11 is 7.12. The fraction of sp³-hybridized carbons (Fsp3) is 0.400. The summed E-state index contributed by atoms with van der Waals surface area (Å²) in [5.74, 6) is 1.47. The van der Waals surface area contributed by atoms with Gasteiger partial charge in [-0.15, -0.1) is 0 Å². The van der Waals surface area contributed by atoms with Crippen LogP contribution in [0.25, 0.3) is 11.1 Å². The molecule has 0 radical (unpaired) electrons. The average Bonchev–Trinajstić information content (AvgIpc) is 2.49. The first-order chi connectivity index (χ1) is 11.9. The molecule has 0 saturated carbocycles. The SMILES string of the molecule is CC(C)(C)NOc1cc(Br)cc(-c2cc(Br)cc(ONC(C)(C)C)c2)c1. The van der Waals surface area contributed by atoms with E-state index in [2.05, 4.69) is 42.8 Å². The second-order valence-corrected chi connectivity index (χ2v) is 10.1. The predicted octanol–water partition coefficient (Wildman–Crippen LogP) is 6.24. The van der Waals surface area contributed by atoms with Gasteiger partial charge in [0.15, 0.2) is 0 Å². The topological polar surface area (TPSA) is 42.5 Å². The van der Waals surface area contributed by atoms with Gasteiger partial charge in [0.05, 0.1) is 0 Å². The first-order valence-corrected chi connectivity index (χ1v) is 9.99. The number of rotatable bonds is 5. The van der Waals surface area contributed by atoms with Gasteiger partial charge in [0.25, 0.3) is 0 Å². The Balaban J connectivity index is 2.29. The maximum absolute atomic E-state index is 5.73. The van der Waals surface area contributed by atoms with E-state index < -0.39 is 0 Å². The van der Waals surface area contributed by atoms with Crippen molar-refractivity contribution in [2.75, 3.05) is 0 Å². The van der Waals surface area contributed by atoms with E-state index in [1.54, 1.807) is 0 Å². The van der Waals surface area contributed by atoms with E-state index in [1.807, 2.05) is 77.9 Å². The molecule has 0 heterocycles. The number of nitrogens with one attached hydrogen (secondary N) is 2. The maximum Gasteiger partial charge on any atom is 0.148 e. The summed E-state index contributed by atoms with van der Waals surface area (Å²) in [6.07, 6.45) is 0. The molecule has 0 unspecified atom stereocenters. The summed E-state index contributed by atoms with van der Waals surface area (Å²) in [6, 6.07) is 11.9. The Bertz CT molecular complexity index is 700. The Morgan fingerprint density at radius 3 is 1.27 bits per heavy atom. The van der Waals surface area contributed by atoms with Crippen LogP contribution in [0.4, 0.5) is 0 Å². The third-order valence-corrected chi connectivity index (χ3v) is 3.94. The van der Waals surface area contributed by atoms with Crippen LogP contribution in [0.3, 0.4) is 0 Å². The Kier molecular flexibility index (Phi) is 6.77. The van der Waals surface area contributed by atoms with Gasteiger partial charge in [-0.1, -0.05) is 31.9 Å². The molecule has 0 aliphatic carbocycles. The zero-order valence-corrected chi connectivity index (χ0v) is 19.2. The third kappa shape index (κ3) is 7.27. The summed E-state index contributed by atoms with van der Waals surface area (Å²) in [5, 5.41) is 0. The lowest BCUT2D eigenvalue weighted by molar-refractivity contribution is 0.119. The Labute approximate surface area is 172 Å². The van der Waals surface area contributed by atoms with Crippen LogP contribution < -0.4 is 20.6 Å². The third-order valence-electron chi connectivity index (χ3n) is 3.03. The number of halogens is 2. The van der Waals surface area contributed by atoms with Crippen LogP contribution in [0.1, 0.15) is 41.5 Å². The molecule has 142 valence electrons. The van der Waals surface area contributed by atoms with Crippen molar-refractivity contribution in [3.05, 3.63) is 45.3 Å². The second kappa shape index (κ2) is 8.30. The minimum absolute atomic E-state index is 0.141. The summed E-state index contributed by atoms with van der Waals surface area (Å²) in [6.45, 7) is 12.3. The molecule has 0 amide bonds. The first-order valence-electron chi connectivity index (χ1n) is 8.41. The highest BCUT2D eigenvalue weighted by Crippen LogP contribution is 2.33. The van der Waals surface area contributed by atoms with Gasteiger partial charge < -0.3 is 9.68 Å². The first kappa shape index (κ1) is 21.2. The lowest BCUT2D eigenvalue weighted by Crippen LogP contribution is -2.38. The van der Waals surface area contributed by atoms with Crippen molar-refractivity contribution < 1.29 is 9.68 Å². The van der Waals surface area contributed by atoms with Crippen molar-refractivity contribution in [3.8, 4) is 22.6 Å². The smallest absolute Gasteiger partial charge is 0.148 e. The maximum atomic E-state index is 5.73. The Morgan fingerprint density at radius 2 is 0.962 bits per heavy atom. The van der Waals surface area contributed by atoms with Crippen LogP contribution in [-0.2, 0) is 0 Å². The van der Waals surface area contributed by atoms with Crippen LogP contribution in [-0.4, -0.2) is 11.1 Å². The van der Waals surface area contributed by atoms with E-state index in [-0.39, 0.29) is 11.1 Å². The highest BCUT2D eigenvalue weighted by molar-refractivity contribution is 9.10. The van der Waals surface area contributed by atoms with E-state index >= 15 is 0 Å². The summed E-state index contributed by atoms with van der Waals surface area (Å²) in [7, 11) is 0. The molecule has 0 atom stereocenters. The van der Waals surface area contributed by atoms with Crippen LogP contribution in [0, 0.1) is 0 Å². The van der Waals surface area contributed by atoms with Crippen LogP contribution in [0.15, 0.2) is 45.3 Å². The van der Waals surface area contributed by atoms with Gasteiger partial charge in [-0.2, -0.15) is 11.0 Å². The summed E-state index contributed by atoms with van der Waals surface area (Å²) < 4.78 is 1.88. The molecule has 2 aromatic rings. The van der Waals surface area contributed by atoms with Crippen molar-refractivity contribution in [2.45, 2.75) is 52.6 Å². The minimum Gasteiger partial charge on any atom is -0.408 e. The second-order valence-electron chi connectivity index (χ2n) is 8.26. The zero-order chi connectivity index (χ0) is 19.5. The molecule has 2 aromatic carbocycles. The van der Waals surface area contributed by atoms with Gasteiger partial charge in [0.2, 0.25) is 0 Å². The monoisotopic (exact) mass is 484 g/mol. The fourth-order valence-electron chi connectivity index (χ4n) is 2.00. The van der Waals surface area contributed by atoms with E-state index in [9.17, 15) is 0 Å². The van der Waals surface area contributed by atoms with Gasteiger partial charge in [-0.25, -0.2) is 0 Å². The lowest BCUT2D eigenvalue weighted by Gasteiger charge is -2.21. The number of hydrogen-bond acceptors (Lipinski definition) is 4. The lowest BCUT2D eigenvalue weighted by atomic mass is 10.1. The molecule has 0 aliphatic heterocycles. The van der Waals surface area contributed by atoms with Gasteiger partial charge in [-0.3, -0.25) is 0 Å². The van der Waals surface area contributed by atoms with Gasteiger partial charge >= 0.3 is 0 Å². The summed E-state index contributed by atoms with van der Waals surface area (Å²) in [5.41, 5.74) is 7.84. The molecule has 4 nitrogen and oxygen atoms in total. The van der Waals surface area contributed by atoms with Crippen molar-refractivity contribution in [1.82, 2.24) is 11.0 Å². The highest BCUT2D eigenvalue weighted by atomic mass is 79.9. The van der Waals surface area contributed by atoms with Crippen LogP contribution in [0.5, 0.6) is 11.5 Å². The Hall–Kier alpha value is -1.08. The van der Waals surface area contributed by atoms with E-state index in [1.165, 1.54) is 0 Å². The van der Waals surface area contributed by atoms with Crippen molar-refractivity contribution >= 4 is 31.9 Å². The average molecular weight is 486 g/mol. The van der Waals surface area contributed by atoms with Crippen molar-refractivity contribution in [3.63, 3.8) is 0 Å². The quantitative estimate of drug-likeness (QED) is 0.491. The molecule has 2 rings (SSSR count). The van der Waals surface area contributed by atoms with Crippen LogP contribution >= 0.6 is 31.9 Å². The predicted molar refractivity (Wildman–Crippen MR) is 114 cm³/mol. The molecule has 0 aliphatic rings. The minimum atomic E-state index is -0.141. The molecule has 26 heavy (non-hydrogen) atoms. The molecule has 0 bridgehead atoms. The molecule has 0 aromatic heterocycles. The van der Waals surface area contributed by atoms with Crippen molar-refractivity contribution in [1.29, 1.82) is 0 Å². The standard InChI is InChI=1S/C20H26Br2N2O2/c1-19(2,3)23-25-17-9-13(7-15(21)11-17)14-8-16(22)12-18(10-14)26-24-20(4,5)6/h7-12,23-24H,1-6H3. The van der Waals surface area contributed by atoms with Gasteiger partial charge in [-0.05, 0) is 89.1 Å². The summed E-state index contributed by atoms with van der Waals surface area (Å²) in [4.78, 5) is 11.5. The largest absolute Gasteiger partial charge is 0.408 e. The highest BCUT2D eigenvalue weighted by Gasteiger charge is 2.13. The molecule has 0 saturated heterocycles. The number of hydroxylamine groups is 2. The van der Waals surface area contributed by atoms with Crippen LogP contribution in [0.2, 0.25) is 0 Å². The van der Waals surface area contributed by atoms with E-state index in [0.29, 0.717) is 0 Å². The molecule has 6 heteroatoms. The Morgan fingerprint density at radius 1 is 0.615 bits per heavy atom. The molecule has 2 N–H and O–H groups in total. The molecular weight excluding hydrogens is 460 g/mol. The molecule has 0 fully saturated rings. The molecule has 0 spiro atoms. The normalized spacial score (nSPS) is 12.2. The van der Waals surface area contributed by atoms with Gasteiger partial charge in [0, 0.05) is 20.0 Å². The molecular formula is C20H26Br2N2O2. The van der Waals surface area contributed by atoms with E-state index in [4.69, 9.17) is 9.68 Å². The van der Waals surface area contributed by atoms with Crippen molar-refractivity contribution in [2.24, 2.45) is 0 Å². The number of benzene rings is 2. The number of hydrogen-bond donors (Lipinski definition) is 2. The fourth-order valence-corrected chi connectivity index (χ4v) is 2.95.